The molecule has 0 atom stereocenters. The predicted molar refractivity (Wildman–Crippen MR) is 34.8 cm³/mol. The van der Waals surface area contributed by atoms with Gasteiger partial charge in [-0.25, -0.2) is 0 Å². The van der Waals surface area contributed by atoms with Gasteiger partial charge in [0.1, 0.15) is 0 Å². The van der Waals surface area contributed by atoms with E-state index in [9.17, 15) is 12.8 Å². The highest BCUT2D eigenvalue weighted by Gasteiger charge is 1.99. The quantitative estimate of drug-likeness (QED) is 0.456. The van der Waals surface area contributed by atoms with Gasteiger partial charge in [0.2, 0.25) is 0 Å². The van der Waals surface area contributed by atoms with E-state index in [0.717, 1.165) is 0 Å². The Morgan fingerprint density at radius 1 is 1.40 bits per heavy atom. The van der Waals surface area contributed by atoms with Crippen LogP contribution in [0.1, 0.15) is 12.8 Å². The molecule has 0 saturated heterocycles. The van der Waals surface area contributed by atoms with E-state index in [4.69, 9.17) is 4.55 Å². The van der Waals surface area contributed by atoms with E-state index in [1.165, 1.54) is 0 Å². The van der Waals surface area contributed by atoms with Gasteiger partial charge in [-0.1, -0.05) is 0 Å². The van der Waals surface area contributed by atoms with E-state index >= 15 is 0 Å². The molecule has 10 heavy (non-hydrogen) atoms. The van der Waals surface area contributed by atoms with Crippen molar-refractivity contribution in [1.82, 2.24) is 4.72 Å². The fraction of sp³-hybridized carbons (Fsp3) is 1.00. The summed E-state index contributed by atoms with van der Waals surface area (Å²) in [6, 6.07) is 0. The first-order chi connectivity index (χ1) is 4.56. The molecule has 6 heteroatoms. The summed E-state index contributed by atoms with van der Waals surface area (Å²) < 4.78 is 41.2. The Morgan fingerprint density at radius 3 is 2.40 bits per heavy atom. The van der Waals surface area contributed by atoms with Crippen LogP contribution in [0.25, 0.3) is 0 Å². The number of hydrogen-bond donors (Lipinski definition) is 2. The lowest BCUT2D eigenvalue weighted by Gasteiger charge is -1.97. The Labute approximate surface area is 59.3 Å². The summed E-state index contributed by atoms with van der Waals surface area (Å²) >= 11 is 0. The van der Waals surface area contributed by atoms with Crippen LogP contribution in [0.2, 0.25) is 0 Å². The molecule has 0 unspecified atom stereocenters. The van der Waals surface area contributed by atoms with Crippen molar-refractivity contribution in [2.24, 2.45) is 0 Å². The number of rotatable bonds is 5. The Hall–Kier alpha value is -0.200. The van der Waals surface area contributed by atoms with E-state index in [1.54, 1.807) is 0 Å². The highest BCUT2D eigenvalue weighted by molar-refractivity contribution is 7.83. The highest BCUT2D eigenvalue weighted by atomic mass is 32.2. The van der Waals surface area contributed by atoms with Gasteiger partial charge in [0.05, 0.1) is 6.67 Å². The molecule has 0 heterocycles. The SMILES string of the molecule is O=S(=O)(O)NCCCCF. The van der Waals surface area contributed by atoms with Crippen molar-refractivity contribution in [2.45, 2.75) is 12.8 Å². The third-order valence-corrected chi connectivity index (χ3v) is 1.41. The first kappa shape index (κ1) is 9.80. The van der Waals surface area contributed by atoms with Crippen molar-refractivity contribution in [3.8, 4) is 0 Å². The lowest BCUT2D eigenvalue weighted by atomic mass is 10.3. The Morgan fingerprint density at radius 2 is 2.00 bits per heavy atom. The summed E-state index contributed by atoms with van der Waals surface area (Å²) in [7, 11) is -4.08. The van der Waals surface area contributed by atoms with E-state index in [1.807, 2.05) is 4.72 Å². The molecular weight excluding hydrogens is 161 g/mol. The average molecular weight is 171 g/mol. The van der Waals surface area contributed by atoms with Gasteiger partial charge in [-0.3, -0.25) is 8.94 Å². The van der Waals surface area contributed by atoms with Crippen molar-refractivity contribution in [2.75, 3.05) is 13.2 Å². The third kappa shape index (κ3) is 7.80. The van der Waals surface area contributed by atoms with Gasteiger partial charge in [0.25, 0.3) is 0 Å². The second kappa shape index (κ2) is 4.59. The molecule has 0 rings (SSSR count). The standard InChI is InChI=1S/C4H10FNO3S/c5-3-1-2-4-6-10(7,8)9/h6H,1-4H2,(H,7,8,9). The minimum Gasteiger partial charge on any atom is -0.273 e. The summed E-state index contributed by atoms with van der Waals surface area (Å²) in [6.45, 7) is -0.379. The van der Waals surface area contributed by atoms with Crippen LogP contribution in [0.4, 0.5) is 4.39 Å². The van der Waals surface area contributed by atoms with E-state index in [-0.39, 0.29) is 6.54 Å². The van der Waals surface area contributed by atoms with Crippen molar-refractivity contribution in [1.29, 1.82) is 0 Å². The van der Waals surface area contributed by atoms with Crippen LogP contribution in [-0.2, 0) is 10.3 Å². The topological polar surface area (TPSA) is 66.4 Å². The highest BCUT2D eigenvalue weighted by Crippen LogP contribution is 1.87. The monoisotopic (exact) mass is 171 g/mol. The van der Waals surface area contributed by atoms with Crippen LogP contribution >= 0.6 is 0 Å². The van der Waals surface area contributed by atoms with E-state index < -0.39 is 17.0 Å². The molecule has 0 aromatic heterocycles. The van der Waals surface area contributed by atoms with Gasteiger partial charge in [-0.15, -0.1) is 0 Å². The molecule has 0 saturated carbocycles. The molecular formula is C4H10FNO3S. The molecule has 0 aliphatic carbocycles. The van der Waals surface area contributed by atoms with Crippen LogP contribution in [0.3, 0.4) is 0 Å². The summed E-state index contributed by atoms with van der Waals surface area (Å²) in [5, 5.41) is 0. The van der Waals surface area contributed by atoms with E-state index in [2.05, 4.69) is 0 Å². The van der Waals surface area contributed by atoms with Gasteiger partial charge in [-0.05, 0) is 12.8 Å². The lowest BCUT2D eigenvalue weighted by Crippen LogP contribution is -2.23. The van der Waals surface area contributed by atoms with Gasteiger partial charge in [0.15, 0.2) is 0 Å². The number of hydrogen-bond acceptors (Lipinski definition) is 2. The molecule has 62 valence electrons. The Bertz CT molecular complexity index is 167. The smallest absolute Gasteiger partial charge is 0.273 e. The Kier molecular flexibility index (Phi) is 4.50. The van der Waals surface area contributed by atoms with Gasteiger partial charge >= 0.3 is 10.3 Å². The minimum atomic E-state index is -4.08. The molecule has 2 N–H and O–H groups in total. The molecule has 0 fully saturated rings. The molecule has 0 spiro atoms. The summed E-state index contributed by atoms with van der Waals surface area (Å²) in [5.41, 5.74) is 0. The maximum Gasteiger partial charge on any atom is 0.333 e. The summed E-state index contributed by atoms with van der Waals surface area (Å²) in [5.74, 6) is 0. The van der Waals surface area contributed by atoms with Crippen molar-refractivity contribution >= 4 is 10.3 Å². The average Bonchev–Trinajstić information content (AvgIpc) is 1.78. The normalized spacial score (nSPS) is 11.8. The molecule has 0 aromatic carbocycles. The Balaban J connectivity index is 3.21. The fourth-order valence-corrected chi connectivity index (χ4v) is 0.823. The maximum atomic E-state index is 11.4. The zero-order valence-corrected chi connectivity index (χ0v) is 6.19. The van der Waals surface area contributed by atoms with Crippen LogP contribution in [-0.4, -0.2) is 26.2 Å². The third-order valence-electron chi connectivity index (χ3n) is 0.845. The molecule has 0 bridgehead atoms. The first-order valence-electron chi connectivity index (χ1n) is 2.84. The van der Waals surface area contributed by atoms with Crippen molar-refractivity contribution in [3.05, 3.63) is 0 Å². The zero-order chi connectivity index (χ0) is 8.04. The van der Waals surface area contributed by atoms with Crippen LogP contribution < -0.4 is 4.72 Å². The molecule has 0 radical (unpaired) electrons. The van der Waals surface area contributed by atoms with Gasteiger partial charge in [0, 0.05) is 6.54 Å². The summed E-state index contributed by atoms with van der Waals surface area (Å²) in [4.78, 5) is 0. The first-order valence-corrected chi connectivity index (χ1v) is 4.28. The predicted octanol–water partition coefficient (Wildman–Crippen LogP) is 0.128. The van der Waals surface area contributed by atoms with Gasteiger partial charge < -0.3 is 0 Å². The van der Waals surface area contributed by atoms with Crippen molar-refractivity contribution in [3.63, 3.8) is 0 Å². The number of alkyl halides is 1. The summed E-state index contributed by atoms with van der Waals surface area (Å²) in [6.07, 6.45) is 0.707. The maximum absolute atomic E-state index is 11.4. The van der Waals surface area contributed by atoms with Crippen LogP contribution in [0, 0.1) is 0 Å². The molecule has 0 aliphatic heterocycles. The number of nitrogens with one attached hydrogen (secondary N) is 1. The molecule has 4 nitrogen and oxygen atoms in total. The fourth-order valence-electron chi connectivity index (χ4n) is 0.421. The van der Waals surface area contributed by atoms with Gasteiger partial charge in [-0.2, -0.15) is 13.1 Å². The molecule has 0 amide bonds. The van der Waals surface area contributed by atoms with E-state index in [0.29, 0.717) is 12.8 Å². The lowest BCUT2D eigenvalue weighted by molar-refractivity contribution is 0.447. The minimum absolute atomic E-state index is 0.0861. The van der Waals surface area contributed by atoms with Crippen LogP contribution in [0.5, 0.6) is 0 Å². The number of unbranched alkanes of at least 4 members (excludes halogenated alkanes) is 1. The number of halogens is 1. The second-order valence-corrected chi connectivity index (χ2v) is 3.00. The van der Waals surface area contributed by atoms with Crippen molar-refractivity contribution < 1.29 is 17.4 Å². The largest absolute Gasteiger partial charge is 0.333 e. The van der Waals surface area contributed by atoms with Crippen LogP contribution in [0.15, 0.2) is 0 Å². The molecule has 0 aromatic rings. The zero-order valence-electron chi connectivity index (χ0n) is 5.38. The molecule has 0 aliphatic rings. The second-order valence-electron chi connectivity index (χ2n) is 1.77.